The summed E-state index contributed by atoms with van der Waals surface area (Å²) in [5.41, 5.74) is -2.16. The lowest BCUT2D eigenvalue weighted by Crippen LogP contribution is -2.18. The highest BCUT2D eigenvalue weighted by Gasteiger charge is 2.34. The van der Waals surface area contributed by atoms with Crippen molar-refractivity contribution in [2.24, 2.45) is 0 Å². The number of nitrogens with one attached hydrogen (secondary N) is 2. The third-order valence-corrected chi connectivity index (χ3v) is 7.52. The van der Waals surface area contributed by atoms with Gasteiger partial charge in [0.1, 0.15) is 27.1 Å². The zero-order valence-electron chi connectivity index (χ0n) is 22.3. The molecule has 2 heterocycles. The van der Waals surface area contributed by atoms with Crippen molar-refractivity contribution in [3.8, 4) is 16.9 Å². The van der Waals surface area contributed by atoms with Crippen LogP contribution in [0.5, 0.6) is 5.75 Å². The molecule has 14 heteroatoms. The van der Waals surface area contributed by atoms with Crippen LogP contribution in [0, 0.1) is 11.6 Å². The number of aromatic carboxylic acids is 1. The normalized spacial score (nSPS) is 11.3. The largest absolute Gasteiger partial charge is 0.496 e. The molecule has 44 heavy (non-hydrogen) atoms. The second kappa shape index (κ2) is 11.7. The van der Waals surface area contributed by atoms with Crippen LogP contribution in [0.25, 0.3) is 21.3 Å². The summed E-state index contributed by atoms with van der Waals surface area (Å²) in [5.74, 6) is -5.18. The van der Waals surface area contributed by atoms with Crippen molar-refractivity contribution in [3.63, 3.8) is 0 Å². The van der Waals surface area contributed by atoms with E-state index >= 15 is 0 Å². The Labute approximate surface area is 248 Å². The van der Waals surface area contributed by atoms with Crippen molar-refractivity contribution in [1.82, 2.24) is 4.98 Å². The number of carbonyl (C=O) groups is 3. The van der Waals surface area contributed by atoms with Crippen LogP contribution in [0.4, 0.5) is 33.3 Å². The fourth-order valence-electron chi connectivity index (χ4n) is 4.34. The molecule has 0 radical (unpaired) electrons. The maximum absolute atomic E-state index is 14.7. The number of nitrogens with zero attached hydrogens (tertiary/aromatic N) is 1. The van der Waals surface area contributed by atoms with Gasteiger partial charge in [-0.1, -0.05) is 6.07 Å². The number of pyridine rings is 1. The number of anilines is 2. The Morgan fingerprint density at radius 2 is 1.66 bits per heavy atom. The van der Waals surface area contributed by atoms with Gasteiger partial charge in [-0.25, -0.2) is 18.6 Å². The van der Waals surface area contributed by atoms with E-state index < -0.39 is 41.2 Å². The number of aromatic nitrogens is 1. The quantitative estimate of drug-likeness (QED) is 0.161. The summed E-state index contributed by atoms with van der Waals surface area (Å²) in [7, 11) is 1.29. The van der Waals surface area contributed by atoms with Gasteiger partial charge in [0.15, 0.2) is 0 Å². The Morgan fingerprint density at radius 3 is 2.36 bits per heavy atom. The fourth-order valence-corrected chi connectivity index (χ4v) is 5.33. The second-order valence-corrected chi connectivity index (χ2v) is 10.2. The Balaban J connectivity index is 1.53. The molecule has 5 rings (SSSR count). The van der Waals surface area contributed by atoms with Crippen LogP contribution in [-0.2, 0) is 6.18 Å². The maximum atomic E-state index is 14.7. The smallest absolute Gasteiger partial charge is 0.419 e. The summed E-state index contributed by atoms with van der Waals surface area (Å²) >= 11 is 0.847. The second-order valence-electron chi connectivity index (χ2n) is 9.18. The first-order chi connectivity index (χ1) is 20.9. The molecule has 0 spiro atoms. The minimum absolute atomic E-state index is 0.0229. The first-order valence-electron chi connectivity index (χ1n) is 12.5. The molecule has 8 nitrogen and oxygen atoms in total. The molecule has 2 amide bonds. The molecule has 0 aliphatic rings. The third-order valence-electron chi connectivity index (χ3n) is 6.41. The van der Waals surface area contributed by atoms with E-state index in [0.717, 1.165) is 35.6 Å². The van der Waals surface area contributed by atoms with E-state index in [1.54, 1.807) is 12.1 Å². The standard InChI is InChI=1S/C30H18F5N3O5S/c1-43-23-9-5-14(18-12-15(29(41)42)4-7-21(18)31)11-19(23)26(39)38-24-17-3-2-10-36-28(17)44-25(24)27(40)37-16-6-8-22(32)20(13-16)30(33,34)35/h2-13H,1H3,(H,37,40)(H,38,39)(H,41,42). The Kier molecular flexibility index (Phi) is 8.02. The molecule has 3 N–H and O–H groups in total. The number of rotatable bonds is 7. The van der Waals surface area contributed by atoms with Crippen LogP contribution in [0.15, 0.2) is 72.9 Å². The molecule has 0 aliphatic carbocycles. The number of alkyl halides is 3. The fraction of sp³-hybridized carbons (Fsp3) is 0.0667. The minimum atomic E-state index is -5.00. The van der Waals surface area contributed by atoms with E-state index in [9.17, 15) is 41.4 Å². The van der Waals surface area contributed by atoms with Crippen molar-refractivity contribution in [1.29, 1.82) is 0 Å². The van der Waals surface area contributed by atoms with Crippen LogP contribution in [0.1, 0.15) is 36.0 Å². The SMILES string of the molecule is COc1ccc(-c2cc(C(=O)O)ccc2F)cc1C(=O)Nc1c(C(=O)Nc2ccc(F)c(C(F)(F)F)c2)sc2ncccc12. The first kappa shape index (κ1) is 30.1. The van der Waals surface area contributed by atoms with Gasteiger partial charge in [0, 0.05) is 22.8 Å². The Bertz CT molecular complexity index is 1960. The number of amides is 2. The molecule has 5 aromatic rings. The lowest BCUT2D eigenvalue weighted by Gasteiger charge is -2.14. The van der Waals surface area contributed by atoms with Crippen molar-refractivity contribution >= 4 is 50.7 Å². The van der Waals surface area contributed by atoms with E-state index in [4.69, 9.17) is 4.74 Å². The number of benzene rings is 3. The number of halogens is 5. The van der Waals surface area contributed by atoms with Gasteiger partial charge < -0.3 is 20.5 Å². The lowest BCUT2D eigenvalue weighted by atomic mass is 9.99. The highest BCUT2D eigenvalue weighted by molar-refractivity contribution is 7.21. The zero-order valence-corrected chi connectivity index (χ0v) is 23.1. The van der Waals surface area contributed by atoms with Crippen LogP contribution >= 0.6 is 11.3 Å². The average Bonchev–Trinajstić information content (AvgIpc) is 3.35. The number of carbonyl (C=O) groups excluding carboxylic acids is 2. The summed E-state index contributed by atoms with van der Waals surface area (Å²) in [6.07, 6.45) is -3.56. The molecule has 0 atom stereocenters. The minimum Gasteiger partial charge on any atom is -0.496 e. The number of thiophene rings is 1. The van der Waals surface area contributed by atoms with Gasteiger partial charge in [0.05, 0.1) is 29.5 Å². The van der Waals surface area contributed by atoms with E-state index in [2.05, 4.69) is 15.6 Å². The predicted octanol–water partition coefficient (Wildman–Crippen LogP) is 7.47. The van der Waals surface area contributed by atoms with Gasteiger partial charge in [0.2, 0.25) is 0 Å². The van der Waals surface area contributed by atoms with Gasteiger partial charge in [-0.3, -0.25) is 9.59 Å². The predicted molar refractivity (Wildman–Crippen MR) is 152 cm³/mol. The number of methoxy groups -OCH3 is 1. The van der Waals surface area contributed by atoms with Gasteiger partial charge >= 0.3 is 12.1 Å². The molecule has 2 aromatic heterocycles. The van der Waals surface area contributed by atoms with Crippen LogP contribution in [0.2, 0.25) is 0 Å². The van der Waals surface area contributed by atoms with Crippen LogP contribution < -0.4 is 15.4 Å². The Morgan fingerprint density at radius 1 is 0.909 bits per heavy atom. The number of fused-ring (bicyclic) bond motifs is 1. The van der Waals surface area contributed by atoms with E-state index in [-0.39, 0.29) is 44.3 Å². The van der Waals surface area contributed by atoms with Gasteiger partial charge in [0.25, 0.3) is 11.8 Å². The molecular weight excluding hydrogens is 609 g/mol. The molecule has 0 fully saturated rings. The van der Waals surface area contributed by atoms with Crippen molar-refractivity contribution in [3.05, 3.63) is 106 Å². The number of carboxylic acids is 1. The molecule has 0 bridgehead atoms. The lowest BCUT2D eigenvalue weighted by molar-refractivity contribution is -0.139. The highest BCUT2D eigenvalue weighted by atomic mass is 32.1. The van der Waals surface area contributed by atoms with E-state index in [1.165, 1.54) is 31.5 Å². The molecule has 0 aliphatic heterocycles. The van der Waals surface area contributed by atoms with E-state index in [0.29, 0.717) is 22.3 Å². The average molecular weight is 628 g/mol. The number of hydrogen-bond acceptors (Lipinski definition) is 6. The Hall–Kier alpha value is -5.37. The number of hydrogen-bond donors (Lipinski definition) is 3. The number of ether oxygens (including phenoxy) is 1. The van der Waals surface area contributed by atoms with Crippen molar-refractivity contribution in [2.45, 2.75) is 6.18 Å². The molecule has 3 aromatic carbocycles. The molecule has 0 saturated carbocycles. The molecule has 0 saturated heterocycles. The first-order valence-corrected chi connectivity index (χ1v) is 13.3. The van der Waals surface area contributed by atoms with Crippen LogP contribution in [0.3, 0.4) is 0 Å². The third kappa shape index (κ3) is 5.92. The van der Waals surface area contributed by atoms with Gasteiger partial charge in [-0.15, -0.1) is 11.3 Å². The van der Waals surface area contributed by atoms with E-state index in [1.807, 2.05) is 0 Å². The summed E-state index contributed by atoms with van der Waals surface area (Å²) in [4.78, 5) is 42.7. The zero-order chi connectivity index (χ0) is 31.8. The van der Waals surface area contributed by atoms with Crippen molar-refractivity contribution in [2.75, 3.05) is 17.7 Å². The van der Waals surface area contributed by atoms with Gasteiger partial charge in [-0.05, 0) is 66.2 Å². The van der Waals surface area contributed by atoms with Crippen molar-refractivity contribution < 1.29 is 46.2 Å². The van der Waals surface area contributed by atoms with Gasteiger partial charge in [-0.2, -0.15) is 13.2 Å². The summed E-state index contributed by atoms with van der Waals surface area (Å²) in [6.45, 7) is 0. The summed E-state index contributed by atoms with van der Waals surface area (Å²) < 4.78 is 73.4. The molecule has 224 valence electrons. The number of carboxylic acid groups (broad SMARTS) is 1. The van der Waals surface area contributed by atoms with Crippen LogP contribution in [-0.4, -0.2) is 35.0 Å². The molecular formula is C30H18F5N3O5S. The summed E-state index contributed by atoms with van der Waals surface area (Å²) in [5, 5.41) is 14.6. The molecule has 0 unspecified atom stereocenters. The maximum Gasteiger partial charge on any atom is 0.419 e. The highest BCUT2D eigenvalue weighted by Crippen LogP contribution is 2.38. The summed E-state index contributed by atoms with van der Waals surface area (Å²) in [6, 6.07) is 12.4. The topological polar surface area (TPSA) is 118 Å². The monoisotopic (exact) mass is 627 g/mol.